The van der Waals surface area contributed by atoms with Crippen LogP contribution in [-0.2, 0) is 0 Å². The smallest absolute Gasteiger partial charge is 0.135 e. The van der Waals surface area contributed by atoms with Gasteiger partial charge in [0, 0.05) is 26.3 Å². The molecule has 2 heterocycles. The van der Waals surface area contributed by atoms with Gasteiger partial charge in [0.1, 0.15) is 11.2 Å². The highest BCUT2D eigenvalue weighted by Gasteiger charge is 2.27. The summed E-state index contributed by atoms with van der Waals surface area (Å²) in [4.78, 5) is 4.92. The predicted octanol–water partition coefficient (Wildman–Crippen LogP) is 12.8. The highest BCUT2D eigenvalue weighted by molar-refractivity contribution is 7.99. The maximum absolute atomic E-state index is 6.12. The lowest BCUT2D eigenvalue weighted by atomic mass is 9.99. The van der Waals surface area contributed by atoms with E-state index in [2.05, 4.69) is 157 Å². The van der Waals surface area contributed by atoms with Crippen LogP contribution >= 0.6 is 11.8 Å². The summed E-state index contributed by atoms with van der Waals surface area (Å²) in [5.41, 5.74) is 13.9. The average molecular weight is 608 g/mol. The molecule has 9 rings (SSSR count). The standard InChI is InChI=1S/C43H29NOS/c1-28-24-31(29-10-4-2-5-11-29)16-20-37(28)44-38-21-17-33(30-12-6-3-7-13-30)26-42(38)46-43-27-34(18-22-39(43)44)32-19-23-41-36(25-32)35-14-8-9-15-40(35)45-41/h2-27H,1H3. The Morgan fingerprint density at radius 2 is 0.913 bits per heavy atom. The zero-order valence-electron chi connectivity index (χ0n) is 25.3. The molecule has 0 saturated carbocycles. The normalized spacial score (nSPS) is 12.3. The second kappa shape index (κ2) is 10.8. The number of aryl methyl sites for hydroxylation is 1. The second-order valence-corrected chi connectivity index (χ2v) is 12.9. The maximum Gasteiger partial charge on any atom is 0.135 e. The number of rotatable bonds is 4. The zero-order chi connectivity index (χ0) is 30.6. The van der Waals surface area contributed by atoms with Gasteiger partial charge in [0.15, 0.2) is 0 Å². The first-order chi connectivity index (χ1) is 22.7. The third-order valence-electron chi connectivity index (χ3n) is 8.98. The van der Waals surface area contributed by atoms with Gasteiger partial charge in [-0.2, -0.15) is 0 Å². The van der Waals surface area contributed by atoms with Gasteiger partial charge >= 0.3 is 0 Å². The SMILES string of the molecule is Cc1cc(-c2ccccc2)ccc1N1c2ccc(-c3ccccc3)cc2Sc2cc(-c3ccc4oc5ccccc5c4c3)ccc21. The molecule has 1 aliphatic heterocycles. The number of para-hydroxylation sites is 1. The number of furan rings is 1. The lowest BCUT2D eigenvalue weighted by Gasteiger charge is -2.34. The third-order valence-corrected chi connectivity index (χ3v) is 10.1. The molecule has 0 fully saturated rings. The Bertz CT molecular complexity index is 2400. The molecule has 0 radical (unpaired) electrons. The highest BCUT2D eigenvalue weighted by Crippen LogP contribution is 2.54. The minimum Gasteiger partial charge on any atom is -0.456 e. The molecule has 3 heteroatoms. The highest BCUT2D eigenvalue weighted by atomic mass is 32.2. The molecule has 0 amide bonds. The molecule has 0 spiro atoms. The number of hydrogen-bond donors (Lipinski definition) is 0. The molecule has 0 saturated heterocycles. The summed E-state index contributed by atoms with van der Waals surface area (Å²) in [5, 5.41) is 2.29. The van der Waals surface area contributed by atoms with Crippen molar-refractivity contribution < 1.29 is 4.42 Å². The molecule has 46 heavy (non-hydrogen) atoms. The Kier molecular flexibility index (Phi) is 6.32. The minimum atomic E-state index is 0.917. The van der Waals surface area contributed by atoms with E-state index in [1.54, 1.807) is 0 Å². The van der Waals surface area contributed by atoms with Crippen LogP contribution in [0.2, 0.25) is 0 Å². The Morgan fingerprint density at radius 1 is 0.413 bits per heavy atom. The van der Waals surface area contributed by atoms with Gasteiger partial charge in [-0.3, -0.25) is 0 Å². The van der Waals surface area contributed by atoms with E-state index in [0.29, 0.717) is 0 Å². The quantitative estimate of drug-likeness (QED) is 0.198. The summed E-state index contributed by atoms with van der Waals surface area (Å²) < 4.78 is 6.12. The molecule has 1 aromatic heterocycles. The van der Waals surface area contributed by atoms with Gasteiger partial charge in [-0.25, -0.2) is 0 Å². The van der Waals surface area contributed by atoms with E-state index >= 15 is 0 Å². The lowest BCUT2D eigenvalue weighted by Crippen LogP contribution is -2.16. The van der Waals surface area contributed by atoms with Gasteiger partial charge in [-0.15, -0.1) is 0 Å². The van der Waals surface area contributed by atoms with Crippen molar-refractivity contribution in [1.29, 1.82) is 0 Å². The zero-order valence-corrected chi connectivity index (χ0v) is 26.1. The topological polar surface area (TPSA) is 16.4 Å². The molecule has 0 N–H and O–H groups in total. The molecule has 0 unspecified atom stereocenters. The molecule has 7 aromatic carbocycles. The van der Waals surface area contributed by atoms with Crippen LogP contribution in [-0.4, -0.2) is 0 Å². The fourth-order valence-electron chi connectivity index (χ4n) is 6.68. The Labute approximate surface area is 272 Å². The monoisotopic (exact) mass is 607 g/mol. The van der Waals surface area contributed by atoms with Crippen LogP contribution in [0, 0.1) is 6.92 Å². The maximum atomic E-state index is 6.12. The molecule has 218 valence electrons. The summed E-state index contributed by atoms with van der Waals surface area (Å²) in [6, 6.07) is 56.7. The Morgan fingerprint density at radius 3 is 1.57 bits per heavy atom. The van der Waals surface area contributed by atoms with Crippen molar-refractivity contribution in [2.24, 2.45) is 0 Å². The van der Waals surface area contributed by atoms with Crippen molar-refractivity contribution in [1.82, 2.24) is 0 Å². The molecule has 0 aliphatic carbocycles. The van der Waals surface area contributed by atoms with E-state index in [1.807, 2.05) is 23.9 Å². The van der Waals surface area contributed by atoms with Crippen LogP contribution in [0.15, 0.2) is 172 Å². The number of fused-ring (bicyclic) bond motifs is 5. The summed E-state index contributed by atoms with van der Waals surface area (Å²) >= 11 is 1.85. The first kappa shape index (κ1) is 26.9. The molecule has 0 bridgehead atoms. The van der Waals surface area contributed by atoms with Crippen LogP contribution in [0.5, 0.6) is 0 Å². The summed E-state index contributed by atoms with van der Waals surface area (Å²) in [6.07, 6.45) is 0. The first-order valence-corrected chi connectivity index (χ1v) is 16.4. The molecule has 0 atom stereocenters. The van der Waals surface area contributed by atoms with Crippen molar-refractivity contribution in [2.75, 3.05) is 4.90 Å². The van der Waals surface area contributed by atoms with Crippen LogP contribution in [0.25, 0.3) is 55.3 Å². The Hall–Kier alpha value is -5.51. The van der Waals surface area contributed by atoms with Gasteiger partial charge in [0.2, 0.25) is 0 Å². The Balaban J connectivity index is 1.19. The van der Waals surface area contributed by atoms with E-state index in [-0.39, 0.29) is 0 Å². The molecular weight excluding hydrogens is 579 g/mol. The van der Waals surface area contributed by atoms with Crippen LogP contribution in [0.4, 0.5) is 17.1 Å². The summed E-state index contributed by atoms with van der Waals surface area (Å²) in [6.45, 7) is 2.22. The number of anilines is 3. The minimum absolute atomic E-state index is 0.917. The fourth-order valence-corrected chi connectivity index (χ4v) is 7.82. The number of hydrogen-bond acceptors (Lipinski definition) is 3. The largest absolute Gasteiger partial charge is 0.456 e. The van der Waals surface area contributed by atoms with E-state index in [9.17, 15) is 0 Å². The van der Waals surface area contributed by atoms with Crippen molar-refractivity contribution in [3.05, 3.63) is 163 Å². The number of benzene rings is 7. The van der Waals surface area contributed by atoms with E-state index in [1.165, 1.54) is 65.8 Å². The van der Waals surface area contributed by atoms with Crippen LogP contribution in [0.1, 0.15) is 5.56 Å². The summed E-state index contributed by atoms with van der Waals surface area (Å²) in [5.74, 6) is 0. The summed E-state index contributed by atoms with van der Waals surface area (Å²) in [7, 11) is 0. The molecule has 8 aromatic rings. The fraction of sp³-hybridized carbons (Fsp3) is 0.0233. The van der Waals surface area contributed by atoms with Gasteiger partial charge in [-0.1, -0.05) is 115 Å². The van der Waals surface area contributed by atoms with Gasteiger partial charge < -0.3 is 9.32 Å². The van der Waals surface area contributed by atoms with E-state index < -0.39 is 0 Å². The van der Waals surface area contributed by atoms with Gasteiger partial charge in [-0.05, 0) is 100 Å². The second-order valence-electron chi connectivity index (χ2n) is 11.8. The lowest BCUT2D eigenvalue weighted by molar-refractivity contribution is 0.669. The van der Waals surface area contributed by atoms with E-state index in [0.717, 1.165) is 21.9 Å². The van der Waals surface area contributed by atoms with Crippen LogP contribution < -0.4 is 4.90 Å². The molecule has 2 nitrogen and oxygen atoms in total. The average Bonchev–Trinajstić information content (AvgIpc) is 3.49. The van der Waals surface area contributed by atoms with Crippen LogP contribution in [0.3, 0.4) is 0 Å². The van der Waals surface area contributed by atoms with Crippen molar-refractivity contribution in [3.63, 3.8) is 0 Å². The van der Waals surface area contributed by atoms with Crippen molar-refractivity contribution >= 4 is 50.8 Å². The first-order valence-electron chi connectivity index (χ1n) is 15.6. The molecular formula is C43H29NOS. The van der Waals surface area contributed by atoms with Gasteiger partial charge in [0.25, 0.3) is 0 Å². The predicted molar refractivity (Wildman–Crippen MR) is 194 cm³/mol. The molecule has 1 aliphatic rings. The van der Waals surface area contributed by atoms with Crippen molar-refractivity contribution in [3.8, 4) is 33.4 Å². The van der Waals surface area contributed by atoms with Gasteiger partial charge in [0.05, 0.1) is 11.4 Å². The van der Waals surface area contributed by atoms with E-state index in [4.69, 9.17) is 4.42 Å². The third kappa shape index (κ3) is 4.51. The van der Waals surface area contributed by atoms with Crippen molar-refractivity contribution in [2.45, 2.75) is 16.7 Å². The number of nitrogens with zero attached hydrogens (tertiary/aromatic N) is 1.